The summed E-state index contributed by atoms with van der Waals surface area (Å²) in [6.07, 6.45) is 0.990. The Bertz CT molecular complexity index is 490. The number of fused-ring (bicyclic) bond motifs is 1. The van der Waals surface area contributed by atoms with E-state index in [1.165, 1.54) is 10.9 Å². The van der Waals surface area contributed by atoms with Gasteiger partial charge in [0.05, 0.1) is 6.04 Å². The highest BCUT2D eigenvalue weighted by atomic mass is 16.3. The lowest BCUT2D eigenvalue weighted by atomic mass is 10.1. The van der Waals surface area contributed by atoms with Gasteiger partial charge in [-0.3, -0.25) is 0 Å². The first-order valence-electron chi connectivity index (χ1n) is 6.15. The van der Waals surface area contributed by atoms with Gasteiger partial charge in [-0.2, -0.15) is 0 Å². The van der Waals surface area contributed by atoms with Crippen LogP contribution in [-0.2, 0) is 0 Å². The number of hydrogen-bond donors (Lipinski definition) is 2. The van der Waals surface area contributed by atoms with Crippen molar-refractivity contribution >= 4 is 11.0 Å². The molecular weight excluding hydrogens is 212 g/mol. The molecule has 0 radical (unpaired) electrons. The van der Waals surface area contributed by atoms with Gasteiger partial charge in [0.25, 0.3) is 0 Å². The molecule has 0 fully saturated rings. The number of para-hydroxylation sites is 1. The maximum absolute atomic E-state index is 5.90. The smallest absolute Gasteiger partial charge is 0.134 e. The van der Waals surface area contributed by atoms with Crippen molar-refractivity contribution in [1.82, 2.24) is 5.32 Å². The summed E-state index contributed by atoms with van der Waals surface area (Å²) >= 11 is 0. The Labute approximate surface area is 102 Å². The molecule has 1 heterocycles. The van der Waals surface area contributed by atoms with Crippen molar-refractivity contribution in [1.29, 1.82) is 0 Å². The average molecular weight is 232 g/mol. The highest BCUT2D eigenvalue weighted by Gasteiger charge is 2.15. The predicted octanol–water partition coefficient (Wildman–Crippen LogP) is 2.74. The highest BCUT2D eigenvalue weighted by molar-refractivity contribution is 5.82. The van der Waals surface area contributed by atoms with E-state index in [9.17, 15) is 0 Å². The number of aryl methyl sites for hydroxylation is 1. The number of nitrogens with two attached hydrogens (primary N) is 1. The van der Waals surface area contributed by atoms with Crippen molar-refractivity contribution in [2.75, 3.05) is 13.1 Å². The zero-order valence-corrected chi connectivity index (χ0v) is 10.5. The second kappa shape index (κ2) is 5.34. The van der Waals surface area contributed by atoms with Crippen molar-refractivity contribution in [3.63, 3.8) is 0 Å². The fourth-order valence-corrected chi connectivity index (χ4v) is 2.12. The second-order valence-corrected chi connectivity index (χ2v) is 4.41. The van der Waals surface area contributed by atoms with Crippen molar-refractivity contribution in [2.45, 2.75) is 26.3 Å². The third-order valence-electron chi connectivity index (χ3n) is 3.11. The molecule has 3 nitrogen and oxygen atoms in total. The predicted molar refractivity (Wildman–Crippen MR) is 71.0 cm³/mol. The van der Waals surface area contributed by atoms with Gasteiger partial charge < -0.3 is 15.5 Å². The van der Waals surface area contributed by atoms with Gasteiger partial charge in [0.2, 0.25) is 0 Å². The third kappa shape index (κ3) is 2.51. The fraction of sp³-hybridized carbons (Fsp3) is 0.429. The Balaban J connectivity index is 2.20. The summed E-state index contributed by atoms with van der Waals surface area (Å²) in [5, 5.41) is 4.63. The van der Waals surface area contributed by atoms with Crippen LogP contribution in [0.3, 0.4) is 0 Å². The van der Waals surface area contributed by atoms with Crippen LogP contribution >= 0.6 is 0 Å². The van der Waals surface area contributed by atoms with Crippen molar-refractivity contribution in [3.8, 4) is 0 Å². The van der Waals surface area contributed by atoms with E-state index < -0.39 is 0 Å². The molecule has 0 saturated heterocycles. The molecule has 1 atom stereocenters. The first kappa shape index (κ1) is 12.1. The Morgan fingerprint density at radius 2 is 2.12 bits per heavy atom. The maximum Gasteiger partial charge on any atom is 0.134 e. The molecule has 0 aliphatic carbocycles. The molecule has 17 heavy (non-hydrogen) atoms. The van der Waals surface area contributed by atoms with Crippen molar-refractivity contribution in [3.05, 3.63) is 35.6 Å². The van der Waals surface area contributed by atoms with E-state index in [-0.39, 0.29) is 6.04 Å². The van der Waals surface area contributed by atoms with Crippen LogP contribution < -0.4 is 11.1 Å². The number of hydrogen-bond acceptors (Lipinski definition) is 3. The summed E-state index contributed by atoms with van der Waals surface area (Å²) < 4.78 is 5.90. The zero-order chi connectivity index (χ0) is 12.3. The quantitative estimate of drug-likeness (QED) is 0.779. The first-order chi connectivity index (χ1) is 8.24. The van der Waals surface area contributed by atoms with E-state index in [1.54, 1.807) is 0 Å². The summed E-state index contributed by atoms with van der Waals surface area (Å²) in [6.45, 7) is 5.89. The minimum Gasteiger partial charge on any atom is -0.459 e. The van der Waals surface area contributed by atoms with E-state index in [2.05, 4.69) is 25.2 Å². The van der Waals surface area contributed by atoms with E-state index in [0.29, 0.717) is 0 Å². The van der Waals surface area contributed by atoms with Gasteiger partial charge in [0.1, 0.15) is 11.3 Å². The number of furan rings is 1. The standard InChI is InChI=1S/C14H20N2O/c1-10-12-6-3-4-7-13(12)17-14(10)11(2)16-9-5-8-15/h3-4,6-7,11,16H,5,8-9,15H2,1-2H3. The molecule has 3 heteroatoms. The average Bonchev–Trinajstić information content (AvgIpc) is 2.68. The lowest BCUT2D eigenvalue weighted by Gasteiger charge is -2.11. The first-order valence-corrected chi connectivity index (χ1v) is 6.15. The minimum atomic E-state index is 0.231. The van der Waals surface area contributed by atoms with Crippen LogP contribution in [0.25, 0.3) is 11.0 Å². The SMILES string of the molecule is Cc1c(C(C)NCCCN)oc2ccccc12. The van der Waals surface area contributed by atoms with E-state index in [0.717, 1.165) is 30.9 Å². The van der Waals surface area contributed by atoms with Crippen LogP contribution in [0, 0.1) is 6.92 Å². The van der Waals surface area contributed by atoms with Gasteiger partial charge in [-0.15, -0.1) is 0 Å². The van der Waals surface area contributed by atoms with E-state index in [4.69, 9.17) is 10.2 Å². The Kier molecular flexibility index (Phi) is 3.82. The molecule has 0 spiro atoms. The van der Waals surface area contributed by atoms with Gasteiger partial charge in [0.15, 0.2) is 0 Å². The van der Waals surface area contributed by atoms with Crippen LogP contribution in [0.4, 0.5) is 0 Å². The summed E-state index contributed by atoms with van der Waals surface area (Å²) in [6, 6.07) is 8.39. The number of benzene rings is 1. The topological polar surface area (TPSA) is 51.2 Å². The molecule has 3 N–H and O–H groups in total. The Morgan fingerprint density at radius 1 is 1.35 bits per heavy atom. The molecule has 1 unspecified atom stereocenters. The Hall–Kier alpha value is -1.32. The van der Waals surface area contributed by atoms with Gasteiger partial charge in [-0.1, -0.05) is 18.2 Å². The van der Waals surface area contributed by atoms with Gasteiger partial charge >= 0.3 is 0 Å². The van der Waals surface area contributed by atoms with E-state index >= 15 is 0 Å². The fourth-order valence-electron chi connectivity index (χ4n) is 2.12. The van der Waals surface area contributed by atoms with Crippen molar-refractivity contribution in [2.24, 2.45) is 5.73 Å². The van der Waals surface area contributed by atoms with Crippen LogP contribution in [0.5, 0.6) is 0 Å². The van der Waals surface area contributed by atoms with Crippen LogP contribution in [0.15, 0.2) is 28.7 Å². The second-order valence-electron chi connectivity index (χ2n) is 4.41. The summed E-state index contributed by atoms with van der Waals surface area (Å²) in [5.74, 6) is 1.03. The monoisotopic (exact) mass is 232 g/mol. The lowest BCUT2D eigenvalue weighted by Crippen LogP contribution is -2.22. The van der Waals surface area contributed by atoms with Gasteiger partial charge in [0, 0.05) is 5.39 Å². The molecule has 1 aromatic heterocycles. The third-order valence-corrected chi connectivity index (χ3v) is 3.11. The van der Waals surface area contributed by atoms with E-state index in [1.807, 2.05) is 18.2 Å². The highest BCUT2D eigenvalue weighted by Crippen LogP contribution is 2.28. The van der Waals surface area contributed by atoms with Crippen molar-refractivity contribution < 1.29 is 4.42 Å². The molecule has 0 bridgehead atoms. The van der Waals surface area contributed by atoms with Gasteiger partial charge in [-0.05, 0) is 45.0 Å². The Morgan fingerprint density at radius 3 is 2.82 bits per heavy atom. The van der Waals surface area contributed by atoms with Crippen LogP contribution in [0.2, 0.25) is 0 Å². The molecule has 0 aliphatic heterocycles. The number of rotatable bonds is 5. The molecule has 0 saturated carbocycles. The maximum atomic E-state index is 5.90. The zero-order valence-electron chi connectivity index (χ0n) is 10.5. The van der Waals surface area contributed by atoms with Gasteiger partial charge in [-0.25, -0.2) is 0 Å². The number of nitrogens with one attached hydrogen (secondary N) is 1. The molecule has 0 aliphatic rings. The van der Waals surface area contributed by atoms with Crippen LogP contribution in [0.1, 0.15) is 30.7 Å². The lowest BCUT2D eigenvalue weighted by molar-refractivity contribution is 0.446. The molecule has 0 amide bonds. The summed E-state index contributed by atoms with van der Waals surface area (Å²) in [7, 11) is 0. The largest absolute Gasteiger partial charge is 0.459 e. The normalized spacial score (nSPS) is 13.1. The molecule has 2 rings (SSSR count). The summed E-state index contributed by atoms with van der Waals surface area (Å²) in [5.41, 5.74) is 7.68. The summed E-state index contributed by atoms with van der Waals surface area (Å²) in [4.78, 5) is 0. The molecular formula is C14H20N2O. The molecule has 2 aromatic rings. The minimum absolute atomic E-state index is 0.231. The molecule has 92 valence electrons. The molecule has 1 aromatic carbocycles. The van der Waals surface area contributed by atoms with Crippen LogP contribution in [-0.4, -0.2) is 13.1 Å².